The Morgan fingerprint density at radius 1 is 0.571 bits per heavy atom. The zero-order valence-electron chi connectivity index (χ0n) is 6.38. The first-order valence-electron chi connectivity index (χ1n) is 1.84. The van der Waals surface area contributed by atoms with Crippen molar-refractivity contribution < 1.29 is 66.7 Å². The SMILES string of the molecule is O=C([O-])[O-].O=C([O-])[O-].O=C([O-])[O-].[Ba+2].[Ti+4]. The third kappa shape index (κ3) is 163000. The summed E-state index contributed by atoms with van der Waals surface area (Å²) in [6, 6.07) is 0. The molecule has 14 heavy (non-hydrogen) atoms. The number of carbonyl (C=O) groups is 3. The van der Waals surface area contributed by atoms with Crippen molar-refractivity contribution in [2.75, 3.05) is 0 Å². The monoisotopic (exact) mass is 366 g/mol. The van der Waals surface area contributed by atoms with Gasteiger partial charge in [-0.25, -0.2) is 0 Å². The molecule has 0 atom stereocenters. The van der Waals surface area contributed by atoms with Crippen LogP contribution >= 0.6 is 0 Å². The molecule has 0 spiro atoms. The first kappa shape index (κ1) is 29.2. The van der Waals surface area contributed by atoms with Crippen molar-refractivity contribution in [2.24, 2.45) is 0 Å². The maximum atomic E-state index is 8.33. The van der Waals surface area contributed by atoms with E-state index in [1.807, 2.05) is 0 Å². The molecule has 0 aromatic rings. The largest absolute Gasteiger partial charge is 4.00 e. The molecule has 0 fully saturated rings. The fourth-order valence-corrected chi connectivity index (χ4v) is 0. The Balaban J connectivity index is -0.0000000270. The maximum absolute atomic E-state index is 8.33. The maximum Gasteiger partial charge on any atom is 4.00 e. The van der Waals surface area contributed by atoms with Gasteiger partial charge in [-0.3, -0.25) is 0 Å². The van der Waals surface area contributed by atoms with Crippen LogP contribution in [-0.2, 0) is 21.7 Å². The normalized spacial score (nSPS) is 5.14. The fraction of sp³-hybridized carbons (Fsp3) is 0. The van der Waals surface area contributed by atoms with Gasteiger partial charge in [-0.1, -0.05) is 0 Å². The second-order valence-electron chi connectivity index (χ2n) is 0.750. The predicted molar refractivity (Wildman–Crippen MR) is 21.9 cm³/mol. The molecule has 0 rings (SSSR count). The number of hydrogen-bond acceptors (Lipinski definition) is 9. The molecule has 0 aromatic heterocycles. The molecule has 11 heteroatoms. The third-order valence-electron chi connectivity index (χ3n) is 0. The van der Waals surface area contributed by atoms with Crippen LogP contribution in [0.5, 0.6) is 0 Å². The van der Waals surface area contributed by atoms with E-state index < -0.39 is 18.5 Å². The van der Waals surface area contributed by atoms with Gasteiger partial charge < -0.3 is 45.0 Å². The summed E-state index contributed by atoms with van der Waals surface area (Å²) in [6.07, 6.45) is -7.00. The van der Waals surface area contributed by atoms with E-state index in [2.05, 4.69) is 0 Å². The van der Waals surface area contributed by atoms with Crippen molar-refractivity contribution in [1.82, 2.24) is 0 Å². The summed E-state index contributed by atoms with van der Waals surface area (Å²) in [5.41, 5.74) is 0. The quantitative estimate of drug-likeness (QED) is 0.375. The molecular weight excluding hydrogens is 365 g/mol. The summed E-state index contributed by atoms with van der Waals surface area (Å²) in [5.74, 6) is 0. The standard InChI is InChI=1S/3CH2O3.Ba.Ti/c3*2-1(3)4;;/h3*(H2,2,3,4);;/q;;;+2;+4/p-6. The van der Waals surface area contributed by atoms with Crippen LogP contribution in [0.4, 0.5) is 14.4 Å². The topological polar surface area (TPSA) is 190 Å². The van der Waals surface area contributed by atoms with Crippen LogP contribution in [0.1, 0.15) is 0 Å². The van der Waals surface area contributed by atoms with Crippen molar-refractivity contribution >= 4 is 67.3 Å². The second kappa shape index (κ2) is 23.2. The van der Waals surface area contributed by atoms with Gasteiger partial charge in [0, 0.05) is 0 Å². The van der Waals surface area contributed by atoms with Crippen molar-refractivity contribution in [1.29, 1.82) is 0 Å². The third-order valence-corrected chi connectivity index (χ3v) is 0. The van der Waals surface area contributed by atoms with E-state index in [1.165, 1.54) is 0 Å². The molecule has 0 bridgehead atoms. The average Bonchev–Trinajstić information content (AvgIpc) is 1.54. The molecular formula is C3BaO9Ti. The molecule has 0 aliphatic carbocycles. The average molecular weight is 365 g/mol. The summed E-state index contributed by atoms with van der Waals surface area (Å²) < 4.78 is 0. The minimum absolute atomic E-state index is 0. The zero-order chi connectivity index (χ0) is 10.7. The number of rotatable bonds is 0. The Hall–Kier alpha value is 0.0957. The second-order valence-corrected chi connectivity index (χ2v) is 0.750. The summed E-state index contributed by atoms with van der Waals surface area (Å²) in [7, 11) is 0. The van der Waals surface area contributed by atoms with Crippen molar-refractivity contribution in [3.8, 4) is 0 Å². The first-order chi connectivity index (χ1) is 5.20. The van der Waals surface area contributed by atoms with E-state index in [0.717, 1.165) is 0 Å². The molecule has 0 amide bonds. The van der Waals surface area contributed by atoms with Gasteiger partial charge in [-0.2, -0.15) is 0 Å². The van der Waals surface area contributed by atoms with E-state index in [0.29, 0.717) is 0 Å². The van der Waals surface area contributed by atoms with Crippen LogP contribution in [0, 0.1) is 0 Å². The minimum atomic E-state index is -2.33. The summed E-state index contributed by atoms with van der Waals surface area (Å²) in [5, 5.41) is 50.0. The van der Waals surface area contributed by atoms with Crippen molar-refractivity contribution in [3.05, 3.63) is 0 Å². The van der Waals surface area contributed by atoms with Crippen molar-refractivity contribution in [3.63, 3.8) is 0 Å². The van der Waals surface area contributed by atoms with Gasteiger partial charge in [0.05, 0.1) is 0 Å². The molecule has 0 N–H and O–H groups in total. The Morgan fingerprint density at radius 2 is 0.571 bits per heavy atom. The minimum Gasteiger partial charge on any atom is -0.652 e. The zero-order valence-corrected chi connectivity index (χ0v) is 12.4. The van der Waals surface area contributed by atoms with Gasteiger partial charge in [0.15, 0.2) is 0 Å². The number of hydrogen-bond donors (Lipinski definition) is 0. The predicted octanol–water partition coefficient (Wildman–Crippen LogP) is -7.72. The van der Waals surface area contributed by atoms with Gasteiger partial charge in [0.2, 0.25) is 0 Å². The van der Waals surface area contributed by atoms with Gasteiger partial charge in [-0.05, 0) is 18.5 Å². The smallest absolute Gasteiger partial charge is 0.652 e. The van der Waals surface area contributed by atoms with Crippen LogP contribution in [0.2, 0.25) is 0 Å². The fourth-order valence-electron chi connectivity index (χ4n) is 0. The molecule has 0 saturated heterocycles. The van der Waals surface area contributed by atoms with E-state index in [-0.39, 0.29) is 70.6 Å². The molecule has 0 unspecified atom stereocenters. The van der Waals surface area contributed by atoms with E-state index in [9.17, 15) is 0 Å². The molecule has 72 valence electrons. The van der Waals surface area contributed by atoms with E-state index >= 15 is 0 Å². The summed E-state index contributed by atoms with van der Waals surface area (Å²) in [4.78, 5) is 25.0. The number of carbonyl (C=O) groups excluding carboxylic acids is 3. The summed E-state index contributed by atoms with van der Waals surface area (Å²) >= 11 is 0. The van der Waals surface area contributed by atoms with Gasteiger partial charge in [0.25, 0.3) is 0 Å². The van der Waals surface area contributed by atoms with Gasteiger partial charge in [0.1, 0.15) is 0 Å². The van der Waals surface area contributed by atoms with Crippen LogP contribution in [0.25, 0.3) is 0 Å². The Morgan fingerprint density at radius 3 is 0.571 bits per heavy atom. The Bertz CT molecular complexity index is 118. The molecule has 9 nitrogen and oxygen atoms in total. The molecule has 0 aliphatic rings. The Kier molecular flexibility index (Phi) is 48.3. The molecule has 0 heterocycles. The molecule has 0 aromatic carbocycles. The van der Waals surface area contributed by atoms with Gasteiger partial charge in [-0.15, -0.1) is 0 Å². The van der Waals surface area contributed by atoms with Crippen LogP contribution in [-0.4, -0.2) is 67.3 Å². The van der Waals surface area contributed by atoms with Crippen LogP contribution in [0.15, 0.2) is 0 Å². The van der Waals surface area contributed by atoms with E-state index in [4.69, 9.17) is 45.0 Å². The molecule has 0 saturated carbocycles. The first-order valence-corrected chi connectivity index (χ1v) is 1.84. The van der Waals surface area contributed by atoms with E-state index in [1.54, 1.807) is 0 Å². The van der Waals surface area contributed by atoms with Gasteiger partial charge >= 0.3 is 70.6 Å². The molecule has 0 radical (unpaired) electrons. The Labute approximate surface area is 132 Å². The molecule has 0 aliphatic heterocycles. The van der Waals surface area contributed by atoms with Crippen molar-refractivity contribution in [2.45, 2.75) is 0 Å². The van der Waals surface area contributed by atoms with Crippen LogP contribution in [0.3, 0.4) is 0 Å². The number of carboxylic acid groups (broad SMARTS) is 6. The summed E-state index contributed by atoms with van der Waals surface area (Å²) in [6.45, 7) is 0. The van der Waals surface area contributed by atoms with Crippen LogP contribution < -0.4 is 30.6 Å².